The van der Waals surface area contributed by atoms with Crippen LogP contribution in [-0.2, 0) is 10.0 Å². The Labute approximate surface area is 124 Å². The van der Waals surface area contributed by atoms with Crippen LogP contribution >= 0.6 is 0 Å². The number of nitrogens with two attached hydrogens (primary N) is 1. The SMILES string of the molecule is CC1CCN(S(=O)(=O)c2ccc3nc(NN)ccc3c2)C1. The highest BCUT2D eigenvalue weighted by atomic mass is 32.2. The number of hydrogen-bond acceptors (Lipinski definition) is 5. The van der Waals surface area contributed by atoms with Crippen molar-refractivity contribution in [1.29, 1.82) is 0 Å². The van der Waals surface area contributed by atoms with Gasteiger partial charge in [0.1, 0.15) is 5.82 Å². The van der Waals surface area contributed by atoms with Crippen molar-refractivity contribution in [3.8, 4) is 0 Å². The number of benzene rings is 1. The van der Waals surface area contributed by atoms with Crippen LogP contribution in [0.1, 0.15) is 13.3 Å². The molecule has 6 nitrogen and oxygen atoms in total. The van der Waals surface area contributed by atoms with Crippen molar-refractivity contribution in [3.63, 3.8) is 0 Å². The van der Waals surface area contributed by atoms with Gasteiger partial charge in [-0.25, -0.2) is 19.2 Å². The monoisotopic (exact) mass is 306 g/mol. The first-order valence-corrected chi connectivity index (χ1v) is 8.32. The predicted molar refractivity (Wildman–Crippen MR) is 82.1 cm³/mol. The molecule has 1 atom stereocenters. The van der Waals surface area contributed by atoms with E-state index in [4.69, 9.17) is 5.84 Å². The third kappa shape index (κ3) is 2.59. The summed E-state index contributed by atoms with van der Waals surface area (Å²) in [4.78, 5) is 4.60. The number of nitrogens with zero attached hydrogens (tertiary/aromatic N) is 2. The Kier molecular flexibility index (Phi) is 3.56. The van der Waals surface area contributed by atoms with Crippen LogP contribution in [0.25, 0.3) is 10.9 Å². The number of aromatic nitrogens is 1. The average Bonchev–Trinajstić information content (AvgIpc) is 2.93. The Morgan fingerprint density at radius 2 is 2.14 bits per heavy atom. The lowest BCUT2D eigenvalue weighted by atomic mass is 10.2. The van der Waals surface area contributed by atoms with Gasteiger partial charge in [-0.05, 0) is 42.7 Å². The summed E-state index contributed by atoms with van der Waals surface area (Å²) in [6.45, 7) is 3.26. The number of hydrogen-bond donors (Lipinski definition) is 2. The number of pyridine rings is 1. The molecule has 21 heavy (non-hydrogen) atoms. The smallest absolute Gasteiger partial charge is 0.243 e. The van der Waals surface area contributed by atoms with Gasteiger partial charge >= 0.3 is 0 Å². The topological polar surface area (TPSA) is 88.3 Å². The number of nitrogen functional groups attached to an aromatic ring is 1. The number of nitrogens with one attached hydrogen (secondary N) is 1. The van der Waals surface area contributed by atoms with Crippen LogP contribution in [-0.4, -0.2) is 30.8 Å². The molecular weight excluding hydrogens is 288 g/mol. The number of hydrazine groups is 1. The van der Waals surface area contributed by atoms with Gasteiger partial charge in [0, 0.05) is 18.5 Å². The molecule has 0 amide bonds. The van der Waals surface area contributed by atoms with Gasteiger partial charge in [0.2, 0.25) is 10.0 Å². The molecule has 1 aromatic carbocycles. The van der Waals surface area contributed by atoms with E-state index in [1.54, 1.807) is 28.6 Å². The molecule has 1 aliphatic heterocycles. The molecule has 0 saturated carbocycles. The highest BCUT2D eigenvalue weighted by Gasteiger charge is 2.30. The van der Waals surface area contributed by atoms with E-state index in [-0.39, 0.29) is 0 Å². The zero-order valence-corrected chi connectivity index (χ0v) is 12.6. The lowest BCUT2D eigenvalue weighted by Gasteiger charge is -2.16. The Morgan fingerprint density at radius 1 is 1.33 bits per heavy atom. The molecule has 1 unspecified atom stereocenters. The Morgan fingerprint density at radius 3 is 2.81 bits per heavy atom. The van der Waals surface area contributed by atoms with E-state index in [2.05, 4.69) is 17.3 Å². The minimum absolute atomic E-state index is 0.319. The summed E-state index contributed by atoms with van der Waals surface area (Å²) >= 11 is 0. The minimum Gasteiger partial charge on any atom is -0.308 e. The zero-order chi connectivity index (χ0) is 15.0. The molecule has 3 N–H and O–H groups in total. The lowest BCUT2D eigenvalue weighted by Crippen LogP contribution is -2.28. The van der Waals surface area contributed by atoms with Gasteiger partial charge in [-0.2, -0.15) is 4.31 Å². The van der Waals surface area contributed by atoms with Crippen molar-refractivity contribution in [2.75, 3.05) is 18.5 Å². The van der Waals surface area contributed by atoms with Crippen LogP contribution in [0.15, 0.2) is 35.2 Å². The summed E-state index contributed by atoms with van der Waals surface area (Å²) in [5.41, 5.74) is 3.18. The molecule has 1 fully saturated rings. The van der Waals surface area contributed by atoms with E-state index in [9.17, 15) is 8.42 Å². The number of sulfonamides is 1. The van der Waals surface area contributed by atoms with Crippen LogP contribution < -0.4 is 11.3 Å². The van der Waals surface area contributed by atoms with Crippen molar-refractivity contribution >= 4 is 26.7 Å². The van der Waals surface area contributed by atoms with Gasteiger partial charge in [-0.15, -0.1) is 0 Å². The molecule has 112 valence electrons. The van der Waals surface area contributed by atoms with Crippen LogP contribution in [0.3, 0.4) is 0 Å². The number of fused-ring (bicyclic) bond motifs is 1. The fraction of sp³-hybridized carbons (Fsp3) is 0.357. The van der Waals surface area contributed by atoms with E-state index >= 15 is 0 Å². The highest BCUT2D eigenvalue weighted by Crippen LogP contribution is 2.26. The standard InChI is InChI=1S/C14H18N4O2S/c1-10-6-7-18(9-10)21(19,20)12-3-4-13-11(8-12)2-5-14(16-13)17-15/h2-5,8,10H,6-7,9,15H2,1H3,(H,16,17). The molecule has 2 heterocycles. The molecule has 0 spiro atoms. The molecule has 2 aromatic rings. The first-order valence-electron chi connectivity index (χ1n) is 6.88. The molecule has 1 aliphatic rings. The average molecular weight is 306 g/mol. The zero-order valence-electron chi connectivity index (χ0n) is 11.8. The number of anilines is 1. The first-order chi connectivity index (χ1) is 10.0. The molecule has 1 saturated heterocycles. The second-order valence-corrected chi connectivity index (χ2v) is 7.39. The van der Waals surface area contributed by atoms with E-state index in [1.807, 2.05) is 6.07 Å². The summed E-state index contributed by atoms with van der Waals surface area (Å²) in [6.07, 6.45) is 0.917. The molecule has 0 radical (unpaired) electrons. The maximum atomic E-state index is 12.6. The van der Waals surface area contributed by atoms with Crippen LogP contribution in [0.2, 0.25) is 0 Å². The van der Waals surface area contributed by atoms with Gasteiger partial charge in [0.25, 0.3) is 0 Å². The maximum absolute atomic E-state index is 12.6. The summed E-state index contributed by atoms with van der Waals surface area (Å²) in [7, 11) is -3.41. The van der Waals surface area contributed by atoms with Crippen LogP contribution in [0, 0.1) is 5.92 Å². The quantitative estimate of drug-likeness (QED) is 0.663. The fourth-order valence-corrected chi connectivity index (χ4v) is 4.22. The third-order valence-corrected chi connectivity index (χ3v) is 5.69. The Balaban J connectivity index is 2.01. The van der Waals surface area contributed by atoms with Crippen molar-refractivity contribution < 1.29 is 8.42 Å². The number of rotatable bonds is 3. The molecular formula is C14H18N4O2S. The van der Waals surface area contributed by atoms with E-state index < -0.39 is 10.0 Å². The molecule has 0 bridgehead atoms. The summed E-state index contributed by atoms with van der Waals surface area (Å²) < 4.78 is 26.8. The van der Waals surface area contributed by atoms with Crippen LogP contribution in [0.5, 0.6) is 0 Å². The van der Waals surface area contributed by atoms with Gasteiger partial charge in [0.05, 0.1) is 10.4 Å². The lowest BCUT2D eigenvalue weighted by molar-refractivity contribution is 0.464. The van der Waals surface area contributed by atoms with Gasteiger partial charge in [0.15, 0.2) is 0 Å². The van der Waals surface area contributed by atoms with Crippen molar-refractivity contribution in [2.24, 2.45) is 11.8 Å². The second-order valence-electron chi connectivity index (χ2n) is 5.45. The molecule has 7 heteroatoms. The van der Waals surface area contributed by atoms with E-state index in [0.717, 1.165) is 11.8 Å². The van der Waals surface area contributed by atoms with Crippen LogP contribution in [0.4, 0.5) is 5.82 Å². The van der Waals surface area contributed by atoms with Gasteiger partial charge < -0.3 is 5.43 Å². The van der Waals surface area contributed by atoms with Gasteiger partial charge in [-0.1, -0.05) is 6.92 Å². The van der Waals surface area contributed by atoms with Gasteiger partial charge in [-0.3, -0.25) is 0 Å². The Bertz CT molecular complexity index is 776. The fourth-order valence-electron chi connectivity index (χ4n) is 2.61. The Hall–Kier alpha value is -1.70. The largest absolute Gasteiger partial charge is 0.308 e. The van der Waals surface area contributed by atoms with Crippen molar-refractivity contribution in [1.82, 2.24) is 9.29 Å². The third-order valence-electron chi connectivity index (χ3n) is 3.83. The maximum Gasteiger partial charge on any atom is 0.243 e. The first kappa shape index (κ1) is 14.2. The minimum atomic E-state index is -3.41. The summed E-state index contributed by atoms with van der Waals surface area (Å²) in [6, 6.07) is 8.51. The van der Waals surface area contributed by atoms with E-state index in [1.165, 1.54) is 0 Å². The summed E-state index contributed by atoms with van der Waals surface area (Å²) in [5, 5.41) is 0.780. The van der Waals surface area contributed by atoms with E-state index in [0.29, 0.717) is 35.2 Å². The normalized spacial score (nSPS) is 20.0. The second kappa shape index (κ2) is 5.25. The highest BCUT2D eigenvalue weighted by molar-refractivity contribution is 7.89. The molecule has 1 aromatic heterocycles. The van der Waals surface area contributed by atoms with Crippen molar-refractivity contribution in [2.45, 2.75) is 18.2 Å². The summed E-state index contributed by atoms with van der Waals surface area (Å²) in [5.74, 6) is 6.29. The predicted octanol–water partition coefficient (Wildman–Crippen LogP) is 1.55. The molecule has 0 aliphatic carbocycles. The van der Waals surface area contributed by atoms with Crippen molar-refractivity contribution in [3.05, 3.63) is 30.3 Å². The molecule has 3 rings (SSSR count).